The lowest BCUT2D eigenvalue weighted by Crippen LogP contribution is -2.36. The number of benzene rings is 2. The summed E-state index contributed by atoms with van der Waals surface area (Å²) >= 11 is 0. The van der Waals surface area contributed by atoms with E-state index in [0.717, 1.165) is 5.69 Å². The van der Waals surface area contributed by atoms with Gasteiger partial charge in [0.05, 0.1) is 29.2 Å². The predicted molar refractivity (Wildman–Crippen MR) is 97.3 cm³/mol. The number of fused-ring (bicyclic) bond motifs is 1. The molecular weight excluding hydrogens is 330 g/mol. The van der Waals surface area contributed by atoms with Crippen LogP contribution in [0.15, 0.2) is 60.8 Å². The van der Waals surface area contributed by atoms with Crippen molar-refractivity contribution in [3.05, 3.63) is 66.5 Å². The number of nitrogens with zero attached hydrogens (tertiary/aromatic N) is 4. The molecule has 1 N–H and O–H groups in total. The molecule has 26 heavy (non-hydrogen) atoms. The first kappa shape index (κ1) is 16.0. The standard InChI is InChI=1S/C19H17N5O2/c1-13-12-23(17-10-6-5-9-15(17)21-18(13)25)19(26)16-11-20-24(22-16)14-7-3-2-4-8-14/h2-11,13H,12H2,1H3,(H,21,25)/t13-/m1/s1. The lowest BCUT2D eigenvalue weighted by Gasteiger charge is -2.22. The van der Waals surface area contributed by atoms with Gasteiger partial charge in [-0.3, -0.25) is 9.59 Å². The molecule has 0 bridgehead atoms. The highest BCUT2D eigenvalue weighted by molar-refractivity contribution is 6.09. The minimum atomic E-state index is -0.337. The zero-order valence-corrected chi connectivity index (χ0v) is 14.2. The van der Waals surface area contributed by atoms with Crippen molar-refractivity contribution >= 4 is 23.2 Å². The topological polar surface area (TPSA) is 80.1 Å². The Bertz CT molecular complexity index is 967. The number of rotatable bonds is 2. The van der Waals surface area contributed by atoms with Gasteiger partial charge in [-0.15, -0.1) is 5.10 Å². The molecule has 0 saturated carbocycles. The van der Waals surface area contributed by atoms with Gasteiger partial charge in [-0.2, -0.15) is 9.90 Å². The number of amides is 2. The molecule has 0 aliphatic carbocycles. The Hall–Kier alpha value is -3.48. The van der Waals surface area contributed by atoms with Gasteiger partial charge in [0.1, 0.15) is 0 Å². The molecule has 0 fully saturated rings. The number of aromatic nitrogens is 3. The highest BCUT2D eigenvalue weighted by Gasteiger charge is 2.30. The fraction of sp³-hybridized carbons (Fsp3) is 0.158. The molecule has 4 rings (SSSR count). The van der Waals surface area contributed by atoms with E-state index in [-0.39, 0.29) is 30.0 Å². The molecule has 1 aliphatic heterocycles. The Morgan fingerprint density at radius 3 is 2.65 bits per heavy atom. The number of carbonyl (C=O) groups excluding carboxylic acids is 2. The van der Waals surface area contributed by atoms with E-state index in [0.29, 0.717) is 11.4 Å². The molecule has 0 unspecified atom stereocenters. The Labute approximate surface area is 150 Å². The molecule has 0 spiro atoms. The monoisotopic (exact) mass is 347 g/mol. The van der Waals surface area contributed by atoms with E-state index in [1.165, 1.54) is 11.0 Å². The maximum Gasteiger partial charge on any atom is 0.280 e. The Balaban J connectivity index is 1.70. The van der Waals surface area contributed by atoms with Crippen LogP contribution in [0.2, 0.25) is 0 Å². The summed E-state index contributed by atoms with van der Waals surface area (Å²) in [4.78, 5) is 28.3. The summed E-state index contributed by atoms with van der Waals surface area (Å²) in [5.41, 5.74) is 2.27. The van der Waals surface area contributed by atoms with Crippen LogP contribution in [0.25, 0.3) is 5.69 Å². The first-order valence-electron chi connectivity index (χ1n) is 8.33. The summed E-state index contributed by atoms with van der Waals surface area (Å²) < 4.78 is 0. The average molecular weight is 347 g/mol. The third-order valence-electron chi connectivity index (χ3n) is 4.30. The number of nitrogens with one attached hydrogen (secondary N) is 1. The van der Waals surface area contributed by atoms with Gasteiger partial charge in [-0.05, 0) is 24.3 Å². The van der Waals surface area contributed by atoms with E-state index in [9.17, 15) is 9.59 Å². The summed E-state index contributed by atoms with van der Waals surface area (Å²) in [5.74, 6) is -0.737. The van der Waals surface area contributed by atoms with Crippen LogP contribution >= 0.6 is 0 Å². The molecule has 0 saturated heterocycles. The Kier molecular flexibility index (Phi) is 3.96. The zero-order chi connectivity index (χ0) is 18.1. The van der Waals surface area contributed by atoms with Crippen molar-refractivity contribution in [2.45, 2.75) is 6.92 Å². The van der Waals surface area contributed by atoms with Crippen LogP contribution in [0.5, 0.6) is 0 Å². The van der Waals surface area contributed by atoms with Crippen LogP contribution in [-0.4, -0.2) is 33.4 Å². The molecular formula is C19H17N5O2. The summed E-state index contributed by atoms with van der Waals surface area (Å²) in [6.45, 7) is 2.07. The third-order valence-corrected chi connectivity index (χ3v) is 4.30. The van der Waals surface area contributed by atoms with Crippen LogP contribution in [0, 0.1) is 5.92 Å². The highest BCUT2D eigenvalue weighted by Crippen LogP contribution is 2.30. The van der Waals surface area contributed by atoms with E-state index in [1.807, 2.05) is 48.5 Å². The van der Waals surface area contributed by atoms with Crippen molar-refractivity contribution in [2.24, 2.45) is 5.92 Å². The highest BCUT2D eigenvalue weighted by atomic mass is 16.2. The number of carbonyl (C=O) groups is 2. The molecule has 1 atom stereocenters. The molecule has 2 heterocycles. The molecule has 0 radical (unpaired) electrons. The van der Waals surface area contributed by atoms with Gasteiger partial charge in [-0.25, -0.2) is 0 Å². The maximum absolute atomic E-state index is 13.1. The molecule has 2 aromatic carbocycles. The summed E-state index contributed by atoms with van der Waals surface area (Å²) in [6, 6.07) is 16.6. The first-order chi connectivity index (χ1) is 12.6. The van der Waals surface area contributed by atoms with Crippen molar-refractivity contribution in [3.63, 3.8) is 0 Å². The summed E-state index contributed by atoms with van der Waals surface area (Å²) in [6.07, 6.45) is 1.45. The van der Waals surface area contributed by atoms with Crippen molar-refractivity contribution in [3.8, 4) is 5.69 Å². The second-order valence-electron chi connectivity index (χ2n) is 6.18. The van der Waals surface area contributed by atoms with Gasteiger partial charge in [0.2, 0.25) is 5.91 Å². The molecule has 1 aromatic heterocycles. The number of para-hydroxylation sites is 3. The number of hydrogen-bond donors (Lipinski definition) is 1. The van der Waals surface area contributed by atoms with E-state index in [4.69, 9.17) is 0 Å². The fourth-order valence-corrected chi connectivity index (χ4v) is 2.90. The SMILES string of the molecule is C[C@@H]1CN(C(=O)c2cnn(-c3ccccc3)n2)c2ccccc2NC1=O. The quantitative estimate of drug-likeness (QED) is 0.772. The molecule has 1 aliphatic rings. The third kappa shape index (κ3) is 2.83. The zero-order valence-electron chi connectivity index (χ0n) is 14.2. The van der Waals surface area contributed by atoms with Gasteiger partial charge in [0, 0.05) is 6.54 Å². The van der Waals surface area contributed by atoms with Crippen molar-refractivity contribution in [1.29, 1.82) is 0 Å². The van der Waals surface area contributed by atoms with E-state index in [2.05, 4.69) is 15.5 Å². The van der Waals surface area contributed by atoms with E-state index in [1.54, 1.807) is 17.9 Å². The predicted octanol–water partition coefficient (Wildman–Crippen LogP) is 2.50. The summed E-state index contributed by atoms with van der Waals surface area (Å²) in [7, 11) is 0. The van der Waals surface area contributed by atoms with Crippen LogP contribution in [0.1, 0.15) is 17.4 Å². The second kappa shape index (κ2) is 6.44. The lowest BCUT2D eigenvalue weighted by molar-refractivity contribution is -0.119. The van der Waals surface area contributed by atoms with E-state index >= 15 is 0 Å². The van der Waals surface area contributed by atoms with Crippen LogP contribution in [0.3, 0.4) is 0 Å². The molecule has 2 amide bonds. The lowest BCUT2D eigenvalue weighted by atomic mass is 10.1. The average Bonchev–Trinajstić information content (AvgIpc) is 3.12. The van der Waals surface area contributed by atoms with Gasteiger partial charge < -0.3 is 10.2 Å². The van der Waals surface area contributed by atoms with Crippen LogP contribution in [-0.2, 0) is 4.79 Å². The maximum atomic E-state index is 13.1. The summed E-state index contributed by atoms with van der Waals surface area (Å²) in [5, 5.41) is 11.4. The minimum Gasteiger partial charge on any atom is -0.324 e. The number of anilines is 2. The smallest absolute Gasteiger partial charge is 0.280 e. The second-order valence-corrected chi connectivity index (χ2v) is 6.18. The van der Waals surface area contributed by atoms with Crippen LogP contribution < -0.4 is 10.2 Å². The number of hydrogen-bond acceptors (Lipinski definition) is 4. The van der Waals surface area contributed by atoms with Crippen molar-refractivity contribution < 1.29 is 9.59 Å². The van der Waals surface area contributed by atoms with Crippen molar-refractivity contribution in [1.82, 2.24) is 15.0 Å². The van der Waals surface area contributed by atoms with Gasteiger partial charge >= 0.3 is 0 Å². The van der Waals surface area contributed by atoms with E-state index < -0.39 is 0 Å². The first-order valence-corrected chi connectivity index (χ1v) is 8.33. The largest absolute Gasteiger partial charge is 0.324 e. The molecule has 7 heteroatoms. The Morgan fingerprint density at radius 1 is 1.12 bits per heavy atom. The van der Waals surface area contributed by atoms with Gasteiger partial charge in [-0.1, -0.05) is 37.3 Å². The van der Waals surface area contributed by atoms with Crippen molar-refractivity contribution in [2.75, 3.05) is 16.8 Å². The van der Waals surface area contributed by atoms with Crippen LogP contribution in [0.4, 0.5) is 11.4 Å². The van der Waals surface area contributed by atoms with Gasteiger partial charge in [0.15, 0.2) is 5.69 Å². The normalized spacial score (nSPS) is 16.6. The molecule has 3 aromatic rings. The Morgan fingerprint density at radius 2 is 1.85 bits per heavy atom. The molecule has 130 valence electrons. The fourth-order valence-electron chi connectivity index (χ4n) is 2.90. The minimum absolute atomic E-state index is 0.110. The molecule has 7 nitrogen and oxygen atoms in total. The van der Waals surface area contributed by atoms with Gasteiger partial charge in [0.25, 0.3) is 5.91 Å².